The highest BCUT2D eigenvalue weighted by Gasteiger charge is 2.28. The molecule has 1 aromatic rings. The van der Waals surface area contributed by atoms with Gasteiger partial charge in [-0.15, -0.1) is 0 Å². The number of carbonyl (C=O) groups is 1. The molecule has 0 N–H and O–H groups in total. The van der Waals surface area contributed by atoms with Gasteiger partial charge < -0.3 is 14.4 Å². The average molecular weight is 463 g/mol. The van der Waals surface area contributed by atoms with Crippen molar-refractivity contribution in [1.29, 1.82) is 0 Å². The van der Waals surface area contributed by atoms with E-state index in [-0.39, 0.29) is 6.09 Å². The lowest BCUT2D eigenvalue weighted by molar-refractivity contribution is 0.0194. The Morgan fingerprint density at radius 2 is 1.82 bits per heavy atom. The highest BCUT2D eigenvalue weighted by molar-refractivity contribution is 6.12. The normalized spacial score (nSPS) is 17.9. The second-order valence-corrected chi connectivity index (χ2v) is 9.91. The van der Waals surface area contributed by atoms with Crippen LogP contribution in [-0.2, 0) is 4.74 Å². The summed E-state index contributed by atoms with van der Waals surface area (Å²) in [5, 5.41) is 0. The lowest BCUT2D eigenvalue weighted by Gasteiger charge is -2.33. The maximum atomic E-state index is 12.4. The summed E-state index contributed by atoms with van der Waals surface area (Å²) in [6.07, 6.45) is 11.9. The van der Waals surface area contributed by atoms with Crippen molar-refractivity contribution in [3.63, 3.8) is 0 Å². The van der Waals surface area contributed by atoms with E-state index in [1.807, 2.05) is 65.0 Å². The first-order valence-corrected chi connectivity index (χ1v) is 12.2. The molecule has 0 spiro atoms. The van der Waals surface area contributed by atoms with Crippen molar-refractivity contribution in [2.24, 2.45) is 10.9 Å². The molecule has 182 valence electrons. The van der Waals surface area contributed by atoms with E-state index in [2.05, 4.69) is 24.8 Å². The Hall–Kier alpha value is -3.08. The van der Waals surface area contributed by atoms with Crippen LogP contribution in [-0.4, -0.2) is 35.4 Å². The number of amides is 1. The van der Waals surface area contributed by atoms with Gasteiger partial charge in [0.15, 0.2) is 0 Å². The van der Waals surface area contributed by atoms with Gasteiger partial charge in [-0.3, -0.25) is 4.99 Å². The van der Waals surface area contributed by atoms with Gasteiger partial charge in [-0.25, -0.2) is 4.79 Å². The Morgan fingerprint density at radius 3 is 2.35 bits per heavy atom. The number of aliphatic imine (C=N–C) groups is 1. The summed E-state index contributed by atoms with van der Waals surface area (Å²) < 4.78 is 11.5. The zero-order chi connectivity index (χ0) is 24.7. The van der Waals surface area contributed by atoms with Gasteiger partial charge >= 0.3 is 6.09 Å². The summed E-state index contributed by atoms with van der Waals surface area (Å²) in [5.74, 6) is 2.00. The maximum Gasteiger partial charge on any atom is 0.410 e. The molecule has 1 amide bonds. The van der Waals surface area contributed by atoms with Crippen LogP contribution in [0.4, 0.5) is 4.79 Å². The van der Waals surface area contributed by atoms with Crippen molar-refractivity contribution >= 4 is 11.8 Å². The van der Waals surface area contributed by atoms with E-state index in [4.69, 9.17) is 14.5 Å². The minimum Gasteiger partial charge on any atom is -0.458 e. The molecule has 3 rings (SSSR count). The van der Waals surface area contributed by atoms with Gasteiger partial charge in [-0.2, -0.15) is 0 Å². The van der Waals surface area contributed by atoms with Gasteiger partial charge in [0.05, 0.1) is 5.71 Å². The highest BCUT2D eigenvalue weighted by Crippen LogP contribution is 2.28. The van der Waals surface area contributed by atoms with Gasteiger partial charge in [-0.1, -0.05) is 18.7 Å². The summed E-state index contributed by atoms with van der Waals surface area (Å²) >= 11 is 0. The molecule has 0 atom stereocenters. The zero-order valence-corrected chi connectivity index (χ0v) is 21.3. The van der Waals surface area contributed by atoms with E-state index < -0.39 is 5.60 Å². The van der Waals surface area contributed by atoms with E-state index in [0.29, 0.717) is 19.0 Å². The van der Waals surface area contributed by atoms with Crippen LogP contribution in [0.1, 0.15) is 65.9 Å². The average Bonchev–Trinajstić information content (AvgIpc) is 2.80. The summed E-state index contributed by atoms with van der Waals surface area (Å²) in [7, 11) is 0. The number of carbonyl (C=O) groups excluding carboxylic acids is 1. The van der Waals surface area contributed by atoms with Gasteiger partial charge in [0.25, 0.3) is 0 Å². The first kappa shape index (κ1) is 25.5. The number of piperidine rings is 1. The van der Waals surface area contributed by atoms with Crippen LogP contribution in [0, 0.1) is 5.92 Å². The molecule has 1 aromatic carbocycles. The fourth-order valence-corrected chi connectivity index (χ4v) is 4.09. The van der Waals surface area contributed by atoms with Gasteiger partial charge in [0.1, 0.15) is 17.1 Å². The Labute approximate surface area is 204 Å². The van der Waals surface area contributed by atoms with Crippen LogP contribution in [0.3, 0.4) is 0 Å². The van der Waals surface area contributed by atoms with E-state index in [1.54, 1.807) is 4.90 Å². The second-order valence-electron chi connectivity index (χ2n) is 9.91. The maximum absolute atomic E-state index is 12.4. The van der Waals surface area contributed by atoms with Gasteiger partial charge in [-0.05, 0) is 102 Å². The van der Waals surface area contributed by atoms with Gasteiger partial charge in [0.2, 0.25) is 0 Å². The minimum atomic E-state index is -0.478. The fraction of sp³-hybridized carbons (Fsp3) is 0.448. The number of rotatable bonds is 6. The molecule has 34 heavy (non-hydrogen) atoms. The number of benzene rings is 1. The first-order valence-electron chi connectivity index (χ1n) is 12.2. The quantitative estimate of drug-likeness (QED) is 0.420. The zero-order valence-electron chi connectivity index (χ0n) is 21.3. The lowest BCUT2D eigenvalue weighted by atomic mass is 9.93. The van der Waals surface area contributed by atoms with Crippen molar-refractivity contribution in [1.82, 2.24) is 4.90 Å². The van der Waals surface area contributed by atoms with Crippen molar-refractivity contribution < 1.29 is 14.3 Å². The number of hydrogen-bond donors (Lipinski definition) is 0. The van der Waals surface area contributed by atoms with Crippen LogP contribution in [0.15, 0.2) is 77.2 Å². The third-order valence-corrected chi connectivity index (χ3v) is 5.83. The van der Waals surface area contributed by atoms with Crippen LogP contribution in [0.5, 0.6) is 5.75 Å². The summed E-state index contributed by atoms with van der Waals surface area (Å²) in [6.45, 7) is 15.2. The molecule has 5 heteroatoms. The number of ether oxygens (including phenoxy) is 2. The number of likely N-dealkylation sites (tertiary alicyclic amines) is 1. The molecule has 0 bridgehead atoms. The minimum absolute atomic E-state index is 0.235. The Kier molecular flexibility index (Phi) is 8.54. The molecule has 0 saturated carbocycles. The molecule has 0 unspecified atom stereocenters. The third-order valence-electron chi connectivity index (χ3n) is 5.83. The molecule has 1 aliphatic heterocycles. The topological polar surface area (TPSA) is 51.1 Å². The number of nitrogens with zero attached hydrogens (tertiary/aromatic N) is 2. The second kappa shape index (κ2) is 11.4. The predicted molar refractivity (Wildman–Crippen MR) is 139 cm³/mol. The molecular weight excluding hydrogens is 424 g/mol. The van der Waals surface area contributed by atoms with Crippen LogP contribution in [0.2, 0.25) is 0 Å². The molecule has 0 radical (unpaired) electrons. The standard InChI is InChI=1S/C29H38N2O3/c1-7-26(22-17-19-31(20-18-22)28(32)34-29(4,5)6)30-27(21(2)3)23-13-15-25(16-14-23)33-24-11-9-8-10-12-24/h7,9,11-16,22H,2,8,10,17-20H2,1,3-6H3/b26-7-,30-27?. The highest BCUT2D eigenvalue weighted by atomic mass is 16.6. The summed E-state index contributed by atoms with van der Waals surface area (Å²) in [5.41, 5.74) is 3.37. The van der Waals surface area contributed by atoms with Crippen molar-refractivity contribution in [2.45, 2.75) is 65.9 Å². The van der Waals surface area contributed by atoms with Crippen LogP contribution >= 0.6 is 0 Å². The van der Waals surface area contributed by atoms with Crippen LogP contribution < -0.4 is 4.74 Å². The van der Waals surface area contributed by atoms with E-state index >= 15 is 0 Å². The molecule has 2 aliphatic rings. The third kappa shape index (κ3) is 7.21. The lowest BCUT2D eigenvalue weighted by Crippen LogP contribution is -2.42. The van der Waals surface area contributed by atoms with Crippen molar-refractivity contribution in [3.05, 3.63) is 77.7 Å². The summed E-state index contributed by atoms with van der Waals surface area (Å²) in [4.78, 5) is 19.2. The molecule has 5 nitrogen and oxygen atoms in total. The van der Waals surface area contributed by atoms with Gasteiger partial charge in [0, 0.05) is 30.3 Å². The molecular formula is C29H38N2O3. The monoisotopic (exact) mass is 462 g/mol. The fourth-order valence-electron chi connectivity index (χ4n) is 4.09. The Balaban J connectivity index is 1.68. The molecule has 1 aliphatic carbocycles. The largest absolute Gasteiger partial charge is 0.458 e. The number of allylic oxidation sites excluding steroid dienone is 6. The number of hydrogen-bond acceptors (Lipinski definition) is 4. The molecule has 0 aromatic heterocycles. The SMILES string of the molecule is C=C(C)C(=N/C(=C\C)C1CCN(C(=O)OC(C)(C)C)CC1)c1ccc(OC2=CCCC=C2)cc1. The van der Waals surface area contributed by atoms with Crippen molar-refractivity contribution in [2.75, 3.05) is 13.1 Å². The van der Waals surface area contributed by atoms with E-state index in [1.165, 1.54) is 0 Å². The van der Waals surface area contributed by atoms with Crippen molar-refractivity contribution in [3.8, 4) is 5.75 Å². The Morgan fingerprint density at radius 1 is 1.15 bits per heavy atom. The molecule has 1 fully saturated rings. The van der Waals surface area contributed by atoms with Crippen LogP contribution in [0.25, 0.3) is 0 Å². The first-order chi connectivity index (χ1) is 16.2. The summed E-state index contributed by atoms with van der Waals surface area (Å²) in [6, 6.07) is 8.03. The van der Waals surface area contributed by atoms with E-state index in [0.717, 1.165) is 59.7 Å². The van der Waals surface area contributed by atoms with E-state index in [9.17, 15) is 4.79 Å². The smallest absolute Gasteiger partial charge is 0.410 e. The Bertz CT molecular complexity index is 999. The predicted octanol–water partition coefficient (Wildman–Crippen LogP) is 7.22. The molecule has 1 heterocycles. The molecule has 1 saturated heterocycles.